The van der Waals surface area contributed by atoms with Gasteiger partial charge in [0, 0.05) is 12.1 Å². The number of aliphatic hydroxyl groups excluding tert-OH is 1. The highest BCUT2D eigenvalue weighted by Gasteiger charge is 2.13. The van der Waals surface area contributed by atoms with Crippen molar-refractivity contribution in [2.45, 2.75) is 39.3 Å². The predicted molar refractivity (Wildman–Crippen MR) is 80.1 cm³/mol. The number of nitrogens with one attached hydrogen (secondary N) is 2. The summed E-state index contributed by atoms with van der Waals surface area (Å²) in [5.41, 5.74) is 1.74. The van der Waals surface area contributed by atoms with E-state index in [1.54, 1.807) is 0 Å². The van der Waals surface area contributed by atoms with Gasteiger partial charge in [-0.05, 0) is 39.8 Å². The van der Waals surface area contributed by atoms with Gasteiger partial charge >= 0.3 is 0 Å². The van der Waals surface area contributed by atoms with E-state index in [1.807, 2.05) is 25.1 Å². The lowest BCUT2D eigenvalue weighted by Gasteiger charge is -2.22. The van der Waals surface area contributed by atoms with Crippen molar-refractivity contribution in [3.05, 3.63) is 24.0 Å². The number of imidazole rings is 1. The standard InChI is InChI=1S/C15H23N3O2/c1-10-17-12-6-5-7-13(14(12)18-10)20-9-11(19)8-16-15(2,3)4/h5-7,11,16,19H,8-9H2,1-4H3,(H,17,18). The maximum absolute atomic E-state index is 9.94. The molecule has 1 unspecified atom stereocenters. The van der Waals surface area contributed by atoms with Crippen molar-refractivity contribution >= 4 is 11.0 Å². The van der Waals surface area contributed by atoms with Crippen molar-refractivity contribution in [3.8, 4) is 5.75 Å². The fourth-order valence-electron chi connectivity index (χ4n) is 1.91. The number of β-amino-alcohol motifs (C(OH)–C–C–N with tert-alkyl or cyclic N) is 1. The molecule has 0 saturated carbocycles. The Hall–Kier alpha value is -1.59. The van der Waals surface area contributed by atoms with Crippen molar-refractivity contribution < 1.29 is 9.84 Å². The van der Waals surface area contributed by atoms with Crippen molar-refractivity contribution in [3.63, 3.8) is 0 Å². The summed E-state index contributed by atoms with van der Waals surface area (Å²) in [7, 11) is 0. The van der Waals surface area contributed by atoms with Crippen molar-refractivity contribution in [2.24, 2.45) is 0 Å². The summed E-state index contributed by atoms with van der Waals surface area (Å²) < 4.78 is 5.69. The number of rotatable bonds is 5. The second kappa shape index (κ2) is 5.81. The summed E-state index contributed by atoms with van der Waals surface area (Å²) in [6.45, 7) is 8.84. The molecule has 5 heteroatoms. The summed E-state index contributed by atoms with van der Waals surface area (Å²) in [4.78, 5) is 7.56. The first-order valence-electron chi connectivity index (χ1n) is 6.86. The molecule has 0 saturated heterocycles. The molecule has 2 rings (SSSR count). The molecule has 0 aliphatic rings. The van der Waals surface area contributed by atoms with Gasteiger partial charge in [0.2, 0.25) is 0 Å². The van der Waals surface area contributed by atoms with Gasteiger partial charge in [-0.25, -0.2) is 4.98 Å². The van der Waals surface area contributed by atoms with E-state index in [-0.39, 0.29) is 12.1 Å². The Morgan fingerprint density at radius 3 is 2.85 bits per heavy atom. The van der Waals surface area contributed by atoms with Gasteiger partial charge in [-0.1, -0.05) is 6.07 Å². The highest BCUT2D eigenvalue weighted by Crippen LogP contribution is 2.23. The first-order valence-corrected chi connectivity index (χ1v) is 6.86. The molecule has 0 fully saturated rings. The van der Waals surface area contributed by atoms with Crippen LogP contribution >= 0.6 is 0 Å². The monoisotopic (exact) mass is 277 g/mol. The minimum atomic E-state index is -0.551. The molecule has 2 aromatic rings. The molecule has 110 valence electrons. The van der Waals surface area contributed by atoms with Gasteiger partial charge in [-0.2, -0.15) is 0 Å². The summed E-state index contributed by atoms with van der Waals surface area (Å²) in [6.07, 6.45) is -0.551. The number of aryl methyl sites for hydroxylation is 1. The van der Waals surface area contributed by atoms with E-state index in [4.69, 9.17) is 4.74 Å². The van der Waals surface area contributed by atoms with Crippen molar-refractivity contribution in [1.82, 2.24) is 15.3 Å². The molecule has 0 spiro atoms. The Morgan fingerprint density at radius 2 is 2.15 bits per heavy atom. The fraction of sp³-hybridized carbons (Fsp3) is 0.533. The molecule has 1 aromatic heterocycles. The maximum Gasteiger partial charge on any atom is 0.147 e. The zero-order valence-corrected chi connectivity index (χ0v) is 12.5. The third-order valence-electron chi connectivity index (χ3n) is 2.89. The second-order valence-electron chi connectivity index (χ2n) is 6.07. The molecule has 0 radical (unpaired) electrons. The molecule has 1 atom stereocenters. The Kier molecular flexibility index (Phi) is 4.30. The SMILES string of the molecule is Cc1nc2c(OCC(O)CNC(C)(C)C)cccc2[nH]1. The smallest absolute Gasteiger partial charge is 0.147 e. The van der Waals surface area contributed by atoms with E-state index in [2.05, 4.69) is 36.1 Å². The minimum absolute atomic E-state index is 0.0136. The van der Waals surface area contributed by atoms with E-state index >= 15 is 0 Å². The number of fused-ring (bicyclic) bond motifs is 1. The predicted octanol–water partition coefficient (Wildman–Crippen LogP) is 2.00. The molecule has 0 aliphatic heterocycles. The number of benzene rings is 1. The van der Waals surface area contributed by atoms with Crippen LogP contribution in [0.1, 0.15) is 26.6 Å². The molecule has 20 heavy (non-hydrogen) atoms. The molecule has 0 aliphatic carbocycles. The number of H-pyrrole nitrogens is 1. The molecule has 5 nitrogen and oxygen atoms in total. The number of hydrogen-bond donors (Lipinski definition) is 3. The van der Waals surface area contributed by atoms with Crippen LogP contribution in [0.4, 0.5) is 0 Å². The molecule has 0 bridgehead atoms. The van der Waals surface area contributed by atoms with E-state index in [1.165, 1.54) is 0 Å². The molecule has 1 aromatic carbocycles. The zero-order chi connectivity index (χ0) is 14.8. The van der Waals surface area contributed by atoms with Gasteiger partial charge in [0.25, 0.3) is 0 Å². The van der Waals surface area contributed by atoms with Gasteiger partial charge in [0.05, 0.1) is 5.52 Å². The largest absolute Gasteiger partial charge is 0.488 e. The van der Waals surface area contributed by atoms with Gasteiger partial charge in [0.1, 0.15) is 29.8 Å². The highest BCUT2D eigenvalue weighted by atomic mass is 16.5. The van der Waals surface area contributed by atoms with Crippen molar-refractivity contribution in [1.29, 1.82) is 0 Å². The van der Waals surface area contributed by atoms with Gasteiger partial charge in [0.15, 0.2) is 0 Å². The molecular weight excluding hydrogens is 254 g/mol. The number of para-hydroxylation sites is 1. The quantitative estimate of drug-likeness (QED) is 0.782. The topological polar surface area (TPSA) is 70.2 Å². The lowest BCUT2D eigenvalue weighted by atomic mass is 10.1. The summed E-state index contributed by atoms with van der Waals surface area (Å²) in [6, 6.07) is 5.74. The van der Waals surface area contributed by atoms with Gasteiger partial charge in [-0.15, -0.1) is 0 Å². The van der Waals surface area contributed by atoms with Gasteiger partial charge < -0.3 is 20.1 Å². The first-order chi connectivity index (χ1) is 9.35. The number of aromatic amines is 1. The Labute approximate surface area is 119 Å². The average molecular weight is 277 g/mol. The molecule has 0 amide bonds. The van der Waals surface area contributed by atoms with Gasteiger partial charge in [-0.3, -0.25) is 0 Å². The fourth-order valence-corrected chi connectivity index (χ4v) is 1.91. The number of aromatic nitrogens is 2. The highest BCUT2D eigenvalue weighted by molar-refractivity contribution is 5.81. The Balaban J connectivity index is 1.95. The lowest BCUT2D eigenvalue weighted by Crippen LogP contribution is -2.42. The average Bonchev–Trinajstić information content (AvgIpc) is 2.73. The summed E-state index contributed by atoms with van der Waals surface area (Å²) in [5.74, 6) is 1.55. The zero-order valence-electron chi connectivity index (χ0n) is 12.5. The summed E-state index contributed by atoms with van der Waals surface area (Å²) in [5, 5.41) is 13.2. The van der Waals surface area contributed by atoms with Crippen LogP contribution in [-0.4, -0.2) is 39.9 Å². The third kappa shape index (κ3) is 3.95. The van der Waals surface area contributed by atoms with Crippen LogP contribution in [0.15, 0.2) is 18.2 Å². The van der Waals surface area contributed by atoms with Crippen LogP contribution in [0.5, 0.6) is 5.75 Å². The van der Waals surface area contributed by atoms with Crippen LogP contribution in [0.3, 0.4) is 0 Å². The second-order valence-corrected chi connectivity index (χ2v) is 6.07. The minimum Gasteiger partial charge on any atom is -0.488 e. The van der Waals surface area contributed by atoms with Crippen LogP contribution in [0, 0.1) is 6.92 Å². The van der Waals surface area contributed by atoms with Crippen LogP contribution in [0.2, 0.25) is 0 Å². The van der Waals surface area contributed by atoms with Crippen LogP contribution in [-0.2, 0) is 0 Å². The summed E-state index contributed by atoms with van der Waals surface area (Å²) >= 11 is 0. The number of ether oxygens (including phenoxy) is 1. The van der Waals surface area contributed by atoms with Crippen molar-refractivity contribution in [2.75, 3.05) is 13.2 Å². The van der Waals surface area contributed by atoms with E-state index in [0.717, 1.165) is 16.9 Å². The number of aliphatic hydroxyl groups is 1. The molecular formula is C15H23N3O2. The van der Waals surface area contributed by atoms with E-state index in [0.29, 0.717) is 12.3 Å². The maximum atomic E-state index is 9.94. The van der Waals surface area contributed by atoms with E-state index in [9.17, 15) is 5.11 Å². The van der Waals surface area contributed by atoms with Crippen LogP contribution in [0.25, 0.3) is 11.0 Å². The Morgan fingerprint density at radius 1 is 1.40 bits per heavy atom. The van der Waals surface area contributed by atoms with E-state index < -0.39 is 6.10 Å². The lowest BCUT2D eigenvalue weighted by molar-refractivity contribution is 0.101. The Bertz CT molecular complexity index is 572. The number of hydrogen-bond acceptors (Lipinski definition) is 4. The third-order valence-corrected chi connectivity index (χ3v) is 2.89. The molecule has 1 heterocycles. The molecule has 3 N–H and O–H groups in total. The normalized spacial score (nSPS) is 13.7. The number of nitrogens with zero attached hydrogens (tertiary/aromatic N) is 1. The first kappa shape index (κ1) is 14.8. The van der Waals surface area contributed by atoms with Crippen LogP contribution < -0.4 is 10.1 Å².